The van der Waals surface area contributed by atoms with Crippen LogP contribution in [0.2, 0.25) is 0 Å². The Morgan fingerprint density at radius 3 is 2.20 bits per heavy atom. The van der Waals surface area contributed by atoms with Gasteiger partial charge >= 0.3 is 0 Å². The van der Waals surface area contributed by atoms with Gasteiger partial charge in [0.2, 0.25) is 20.0 Å². The second-order valence-corrected chi connectivity index (χ2v) is 10.9. The summed E-state index contributed by atoms with van der Waals surface area (Å²) in [5.74, 6) is 0.0205. The molecular formula is C16H22N2O5S2. The van der Waals surface area contributed by atoms with Crippen molar-refractivity contribution in [1.29, 1.82) is 0 Å². The molecule has 2 bridgehead atoms. The number of carbonyl (C=O) groups is 1. The van der Waals surface area contributed by atoms with Gasteiger partial charge in [0.05, 0.1) is 16.1 Å². The van der Waals surface area contributed by atoms with Crippen molar-refractivity contribution in [3.63, 3.8) is 0 Å². The lowest BCUT2D eigenvalue weighted by molar-refractivity contribution is -0.128. The van der Waals surface area contributed by atoms with Crippen LogP contribution in [0.5, 0.6) is 0 Å². The van der Waals surface area contributed by atoms with Gasteiger partial charge in [-0.2, -0.15) is 0 Å². The van der Waals surface area contributed by atoms with E-state index in [4.69, 9.17) is 5.14 Å². The Balaban J connectivity index is 1.83. The predicted octanol–water partition coefficient (Wildman–Crippen LogP) is 1.47. The van der Waals surface area contributed by atoms with Crippen molar-refractivity contribution in [3.05, 3.63) is 24.3 Å². The van der Waals surface area contributed by atoms with Gasteiger partial charge in [-0.05, 0) is 48.4 Å². The van der Waals surface area contributed by atoms with Gasteiger partial charge in [0.25, 0.3) is 0 Å². The van der Waals surface area contributed by atoms with Crippen LogP contribution in [0.3, 0.4) is 0 Å². The van der Waals surface area contributed by atoms with E-state index in [1.165, 1.54) is 24.3 Å². The Kier molecular flexibility index (Phi) is 4.05. The Morgan fingerprint density at radius 2 is 1.76 bits per heavy atom. The highest BCUT2D eigenvalue weighted by Gasteiger charge is 2.65. The zero-order chi connectivity index (χ0) is 18.7. The molecule has 3 rings (SSSR count). The van der Waals surface area contributed by atoms with Crippen LogP contribution in [-0.2, 0) is 24.8 Å². The predicted molar refractivity (Wildman–Crippen MR) is 93.8 cm³/mol. The Labute approximate surface area is 148 Å². The summed E-state index contributed by atoms with van der Waals surface area (Å²) in [6.07, 6.45) is 1.91. The van der Waals surface area contributed by atoms with Crippen LogP contribution in [0.15, 0.2) is 29.2 Å². The second-order valence-electron chi connectivity index (χ2n) is 7.60. The lowest BCUT2D eigenvalue weighted by Gasteiger charge is -2.36. The molecule has 25 heavy (non-hydrogen) atoms. The molecule has 3 N–H and O–H groups in total. The highest BCUT2D eigenvalue weighted by Crippen LogP contribution is 2.64. The topological polar surface area (TPSA) is 123 Å². The first kappa shape index (κ1) is 18.3. The van der Waals surface area contributed by atoms with Gasteiger partial charge < -0.3 is 0 Å². The number of sulfonamides is 2. The molecule has 2 fully saturated rings. The number of primary sulfonamides is 1. The molecule has 7 nitrogen and oxygen atoms in total. The van der Waals surface area contributed by atoms with E-state index in [0.29, 0.717) is 12.8 Å². The minimum Gasteiger partial charge on any atom is -0.299 e. The molecule has 2 saturated carbocycles. The second kappa shape index (κ2) is 5.52. The first-order chi connectivity index (χ1) is 11.4. The third-order valence-electron chi connectivity index (χ3n) is 6.03. The molecule has 138 valence electrons. The molecule has 0 aromatic heterocycles. The largest absolute Gasteiger partial charge is 0.299 e. The van der Waals surface area contributed by atoms with E-state index in [9.17, 15) is 21.6 Å². The van der Waals surface area contributed by atoms with Gasteiger partial charge in [0.1, 0.15) is 5.78 Å². The van der Waals surface area contributed by atoms with E-state index in [0.717, 1.165) is 6.42 Å². The Bertz CT molecular complexity index is 920. The van der Waals surface area contributed by atoms with Gasteiger partial charge in [0, 0.05) is 12.1 Å². The number of nitrogens with one attached hydrogen (secondary N) is 1. The van der Waals surface area contributed by atoms with Crippen molar-refractivity contribution in [1.82, 2.24) is 0 Å². The summed E-state index contributed by atoms with van der Waals surface area (Å²) in [7, 11) is -7.60. The average molecular weight is 386 g/mol. The number of rotatable bonds is 5. The SMILES string of the molecule is CC1(C)[C@H]2CC[C@@]1(CS(=O)(=O)Nc1ccc(S(N)(=O)=O)cc1)C(=O)C2. The van der Waals surface area contributed by atoms with Crippen LogP contribution in [0.4, 0.5) is 5.69 Å². The number of fused-ring (bicyclic) bond motifs is 2. The van der Waals surface area contributed by atoms with Gasteiger partial charge in [-0.15, -0.1) is 0 Å². The van der Waals surface area contributed by atoms with Crippen molar-refractivity contribution in [2.24, 2.45) is 21.9 Å². The number of anilines is 1. The molecule has 0 amide bonds. The highest BCUT2D eigenvalue weighted by molar-refractivity contribution is 7.92. The summed E-state index contributed by atoms with van der Waals surface area (Å²) in [6.45, 7) is 3.96. The molecule has 0 heterocycles. The fourth-order valence-corrected chi connectivity index (χ4v) is 6.77. The summed E-state index contributed by atoms with van der Waals surface area (Å²) in [4.78, 5) is 12.4. The van der Waals surface area contributed by atoms with Crippen LogP contribution in [0.1, 0.15) is 33.1 Å². The van der Waals surface area contributed by atoms with Gasteiger partial charge in [-0.3, -0.25) is 9.52 Å². The van der Waals surface area contributed by atoms with Crippen LogP contribution in [0.25, 0.3) is 0 Å². The maximum absolute atomic E-state index is 12.6. The van der Waals surface area contributed by atoms with Crippen LogP contribution >= 0.6 is 0 Å². The molecule has 0 spiro atoms. The number of Topliss-reactive ketones (excluding diaryl/α,β-unsaturated/α-hetero) is 1. The standard InChI is InChI=1S/C16H22N2O5S2/c1-15(2)11-7-8-16(15,14(19)9-11)10-24(20,21)18-12-3-5-13(6-4-12)25(17,22)23/h3-6,11,18H,7-10H2,1-2H3,(H2,17,22,23)/t11-,16+/m0/s1. The molecule has 1 aromatic carbocycles. The maximum Gasteiger partial charge on any atom is 0.238 e. The zero-order valence-electron chi connectivity index (χ0n) is 14.2. The number of carbonyl (C=O) groups excluding carboxylic acids is 1. The minimum atomic E-state index is -3.83. The van der Waals surface area contributed by atoms with Crippen molar-refractivity contribution < 1.29 is 21.6 Å². The fraction of sp³-hybridized carbons (Fsp3) is 0.562. The lowest BCUT2D eigenvalue weighted by Crippen LogP contribution is -2.43. The normalized spacial score (nSPS) is 28.3. The van der Waals surface area contributed by atoms with Crippen molar-refractivity contribution >= 4 is 31.5 Å². The van der Waals surface area contributed by atoms with Crippen molar-refractivity contribution in [3.8, 4) is 0 Å². The van der Waals surface area contributed by atoms with E-state index >= 15 is 0 Å². The van der Waals surface area contributed by atoms with Crippen molar-refractivity contribution in [2.45, 2.75) is 38.0 Å². The summed E-state index contributed by atoms with van der Waals surface area (Å²) in [5.41, 5.74) is -0.943. The molecule has 2 aliphatic carbocycles. The lowest BCUT2D eigenvalue weighted by atomic mass is 9.70. The van der Waals surface area contributed by atoms with Gasteiger partial charge in [-0.25, -0.2) is 22.0 Å². The minimum absolute atomic E-state index is 0.0312. The van der Waals surface area contributed by atoms with E-state index in [-0.39, 0.29) is 33.5 Å². The summed E-state index contributed by atoms with van der Waals surface area (Å²) in [5, 5.41) is 5.02. The molecular weight excluding hydrogens is 364 g/mol. The molecule has 9 heteroatoms. The Morgan fingerprint density at radius 1 is 1.16 bits per heavy atom. The number of ketones is 1. The van der Waals surface area contributed by atoms with E-state index in [1.807, 2.05) is 13.8 Å². The molecule has 1 aromatic rings. The summed E-state index contributed by atoms with van der Waals surface area (Å²) >= 11 is 0. The van der Waals surface area contributed by atoms with Crippen LogP contribution in [-0.4, -0.2) is 28.4 Å². The van der Waals surface area contributed by atoms with Crippen LogP contribution in [0, 0.1) is 16.7 Å². The monoisotopic (exact) mass is 386 g/mol. The molecule has 2 atom stereocenters. The zero-order valence-corrected chi connectivity index (χ0v) is 15.8. The first-order valence-electron chi connectivity index (χ1n) is 8.04. The molecule has 0 saturated heterocycles. The number of hydrogen-bond donors (Lipinski definition) is 2. The smallest absolute Gasteiger partial charge is 0.238 e. The average Bonchev–Trinajstić information content (AvgIpc) is 2.80. The molecule has 0 aliphatic heterocycles. The first-order valence-corrected chi connectivity index (χ1v) is 11.2. The fourth-order valence-electron chi connectivity index (χ4n) is 4.36. The molecule has 0 radical (unpaired) electrons. The number of benzene rings is 1. The van der Waals surface area contributed by atoms with Crippen LogP contribution < -0.4 is 9.86 Å². The Hall–Kier alpha value is -1.45. The quantitative estimate of drug-likeness (QED) is 0.793. The third kappa shape index (κ3) is 2.98. The third-order valence-corrected chi connectivity index (χ3v) is 8.38. The molecule has 2 aliphatic rings. The highest BCUT2D eigenvalue weighted by atomic mass is 32.2. The maximum atomic E-state index is 12.6. The molecule has 0 unspecified atom stereocenters. The van der Waals surface area contributed by atoms with E-state index in [2.05, 4.69) is 4.72 Å². The van der Waals surface area contributed by atoms with E-state index in [1.54, 1.807) is 0 Å². The van der Waals surface area contributed by atoms with Gasteiger partial charge in [-0.1, -0.05) is 13.8 Å². The number of hydrogen-bond acceptors (Lipinski definition) is 5. The summed E-state index contributed by atoms with van der Waals surface area (Å²) < 4.78 is 50.2. The van der Waals surface area contributed by atoms with Gasteiger partial charge in [0.15, 0.2) is 0 Å². The number of nitrogens with two attached hydrogens (primary N) is 1. The summed E-state index contributed by atoms with van der Waals surface area (Å²) in [6, 6.07) is 5.16. The van der Waals surface area contributed by atoms with Crippen molar-refractivity contribution in [2.75, 3.05) is 10.5 Å². The van der Waals surface area contributed by atoms with E-state index < -0.39 is 25.5 Å².